The van der Waals surface area contributed by atoms with E-state index in [-0.39, 0.29) is 11.4 Å². The molecule has 19 heavy (non-hydrogen) atoms. The van der Waals surface area contributed by atoms with Crippen LogP contribution in [0.3, 0.4) is 0 Å². The van der Waals surface area contributed by atoms with Gasteiger partial charge in [0.2, 0.25) is 0 Å². The maximum atomic E-state index is 12.0. The molecule has 0 spiro atoms. The second kappa shape index (κ2) is 6.10. The Hall–Kier alpha value is -1.50. The lowest BCUT2D eigenvalue weighted by Gasteiger charge is -2.15. The van der Waals surface area contributed by atoms with Crippen molar-refractivity contribution in [3.63, 3.8) is 0 Å². The number of benzene rings is 1. The highest BCUT2D eigenvalue weighted by Crippen LogP contribution is 2.23. The van der Waals surface area contributed by atoms with Crippen molar-refractivity contribution in [3.8, 4) is 6.07 Å². The largest absolute Gasteiger partial charge is 0.360 e. The Bertz CT molecular complexity index is 546. The van der Waals surface area contributed by atoms with Gasteiger partial charge in [-0.1, -0.05) is 44.0 Å². The first kappa shape index (κ1) is 15.6. The van der Waals surface area contributed by atoms with Crippen LogP contribution < -0.4 is 5.32 Å². The first-order valence-corrected chi connectivity index (χ1v) is 6.37. The summed E-state index contributed by atoms with van der Waals surface area (Å²) in [6.45, 7) is 5.28. The van der Waals surface area contributed by atoms with Crippen molar-refractivity contribution in [2.24, 2.45) is 5.41 Å². The fourth-order valence-electron chi connectivity index (χ4n) is 1.35. The highest BCUT2D eigenvalue weighted by atomic mass is 35.5. The van der Waals surface area contributed by atoms with Crippen LogP contribution in [-0.2, 0) is 4.79 Å². The highest BCUT2D eigenvalue weighted by Gasteiger charge is 2.24. The molecule has 1 aromatic carbocycles. The highest BCUT2D eigenvalue weighted by molar-refractivity contribution is 6.35. The molecule has 0 amide bonds. The molecule has 100 valence electrons. The molecule has 0 unspecified atom stereocenters. The summed E-state index contributed by atoms with van der Waals surface area (Å²) in [6.07, 6.45) is 1.37. The summed E-state index contributed by atoms with van der Waals surface area (Å²) in [4.78, 5) is 12.0. The molecule has 1 aromatic rings. The van der Waals surface area contributed by atoms with Gasteiger partial charge in [-0.05, 0) is 18.2 Å². The molecule has 0 aromatic heterocycles. The summed E-state index contributed by atoms with van der Waals surface area (Å²) in [5.74, 6) is -0.226. The molecular weight excluding hydrogens is 283 g/mol. The third-order valence-corrected chi connectivity index (χ3v) is 2.73. The molecule has 0 aliphatic rings. The molecule has 0 saturated carbocycles. The quantitative estimate of drug-likeness (QED) is 0.663. The van der Waals surface area contributed by atoms with Gasteiger partial charge in [-0.2, -0.15) is 5.26 Å². The fourth-order valence-corrected chi connectivity index (χ4v) is 1.87. The van der Waals surface area contributed by atoms with Crippen LogP contribution >= 0.6 is 23.2 Å². The Morgan fingerprint density at radius 2 is 1.79 bits per heavy atom. The zero-order chi connectivity index (χ0) is 14.6. The number of hydrogen-bond donors (Lipinski definition) is 1. The number of nitriles is 1. The molecule has 0 fully saturated rings. The predicted molar refractivity (Wildman–Crippen MR) is 78.2 cm³/mol. The summed E-state index contributed by atoms with van der Waals surface area (Å²) in [6, 6.07) is 6.80. The minimum absolute atomic E-state index is 0.0589. The number of Topliss-reactive ketones (excluding diaryl/α,β-unsaturated/α-hetero) is 1. The van der Waals surface area contributed by atoms with Gasteiger partial charge in [-0.25, -0.2) is 0 Å². The monoisotopic (exact) mass is 296 g/mol. The zero-order valence-electron chi connectivity index (χ0n) is 10.9. The minimum Gasteiger partial charge on any atom is -0.360 e. The van der Waals surface area contributed by atoms with E-state index in [1.807, 2.05) is 6.07 Å². The fraction of sp³-hybridized carbons (Fsp3) is 0.286. The van der Waals surface area contributed by atoms with E-state index in [1.165, 1.54) is 6.20 Å². The average molecular weight is 297 g/mol. The van der Waals surface area contributed by atoms with E-state index < -0.39 is 5.41 Å². The number of hydrogen-bond acceptors (Lipinski definition) is 3. The number of allylic oxidation sites excluding steroid dienone is 1. The second-order valence-corrected chi connectivity index (χ2v) is 5.92. The van der Waals surface area contributed by atoms with Gasteiger partial charge in [0.15, 0.2) is 5.78 Å². The van der Waals surface area contributed by atoms with Crippen molar-refractivity contribution in [1.82, 2.24) is 0 Å². The van der Waals surface area contributed by atoms with Crippen molar-refractivity contribution >= 4 is 34.7 Å². The van der Waals surface area contributed by atoms with E-state index >= 15 is 0 Å². The number of nitrogens with zero attached hydrogens (tertiary/aromatic N) is 1. The summed E-state index contributed by atoms with van der Waals surface area (Å²) < 4.78 is 0. The SMILES string of the molecule is CC(C)(C)C(=O)/C(C#N)=C/Nc1cc(Cl)cc(Cl)c1. The van der Waals surface area contributed by atoms with Crippen molar-refractivity contribution < 1.29 is 4.79 Å². The molecule has 0 heterocycles. The number of ketones is 1. The van der Waals surface area contributed by atoms with E-state index in [4.69, 9.17) is 28.5 Å². The average Bonchev–Trinajstić information content (AvgIpc) is 2.27. The zero-order valence-corrected chi connectivity index (χ0v) is 12.4. The van der Waals surface area contributed by atoms with Crippen LogP contribution in [0.25, 0.3) is 0 Å². The van der Waals surface area contributed by atoms with Crippen LogP contribution in [-0.4, -0.2) is 5.78 Å². The summed E-state index contributed by atoms with van der Waals surface area (Å²) in [5.41, 5.74) is 0.0745. The lowest BCUT2D eigenvalue weighted by atomic mass is 9.87. The van der Waals surface area contributed by atoms with Crippen molar-refractivity contribution in [2.45, 2.75) is 20.8 Å². The molecule has 0 atom stereocenters. The molecule has 0 aliphatic heterocycles. The molecule has 3 nitrogen and oxygen atoms in total. The number of anilines is 1. The van der Waals surface area contributed by atoms with Gasteiger partial charge >= 0.3 is 0 Å². The van der Waals surface area contributed by atoms with Gasteiger partial charge in [0.05, 0.1) is 0 Å². The van der Waals surface area contributed by atoms with Gasteiger partial charge in [0, 0.05) is 27.3 Å². The van der Waals surface area contributed by atoms with Crippen LogP contribution in [0.1, 0.15) is 20.8 Å². The van der Waals surface area contributed by atoms with Gasteiger partial charge < -0.3 is 5.32 Å². The lowest BCUT2D eigenvalue weighted by Crippen LogP contribution is -2.22. The summed E-state index contributed by atoms with van der Waals surface area (Å²) in [5, 5.41) is 12.8. The number of halogens is 2. The van der Waals surface area contributed by atoms with Gasteiger partial charge in [0.1, 0.15) is 11.6 Å². The Balaban J connectivity index is 2.96. The van der Waals surface area contributed by atoms with Gasteiger partial charge in [0.25, 0.3) is 0 Å². The number of carbonyl (C=O) groups excluding carboxylic acids is 1. The molecule has 5 heteroatoms. The Labute approximate surface area is 122 Å². The third-order valence-electron chi connectivity index (χ3n) is 2.29. The van der Waals surface area contributed by atoms with Crippen LogP contribution in [0.2, 0.25) is 10.0 Å². The maximum absolute atomic E-state index is 12.0. The standard InChI is InChI=1S/C14H14Cl2N2O/c1-14(2,3)13(19)9(7-17)8-18-12-5-10(15)4-11(16)6-12/h4-6,8,18H,1-3H3/b9-8+. The Morgan fingerprint density at radius 1 is 1.26 bits per heavy atom. The first-order valence-electron chi connectivity index (χ1n) is 5.62. The van der Waals surface area contributed by atoms with Gasteiger partial charge in [-0.3, -0.25) is 4.79 Å². The van der Waals surface area contributed by atoms with E-state index in [2.05, 4.69) is 5.32 Å². The number of rotatable bonds is 3. The summed E-state index contributed by atoms with van der Waals surface area (Å²) in [7, 11) is 0. The van der Waals surface area contributed by atoms with Crippen molar-refractivity contribution in [1.29, 1.82) is 5.26 Å². The first-order chi connectivity index (χ1) is 8.74. The third kappa shape index (κ3) is 4.59. The number of carbonyl (C=O) groups is 1. The normalized spacial score (nSPS) is 11.9. The summed E-state index contributed by atoms with van der Waals surface area (Å²) >= 11 is 11.7. The molecule has 0 radical (unpaired) electrons. The Kier molecular flexibility index (Phi) is 4.99. The van der Waals surface area contributed by atoms with Crippen LogP contribution in [0.15, 0.2) is 30.0 Å². The molecule has 0 saturated heterocycles. The molecular formula is C14H14Cl2N2O. The van der Waals surface area contributed by atoms with E-state index in [0.29, 0.717) is 15.7 Å². The van der Waals surface area contributed by atoms with Gasteiger partial charge in [-0.15, -0.1) is 0 Å². The number of nitrogens with one attached hydrogen (secondary N) is 1. The maximum Gasteiger partial charge on any atom is 0.180 e. The lowest BCUT2D eigenvalue weighted by molar-refractivity contribution is -0.122. The van der Waals surface area contributed by atoms with Crippen LogP contribution in [0, 0.1) is 16.7 Å². The predicted octanol–water partition coefficient (Wildman–Crippen LogP) is 4.43. The molecule has 1 N–H and O–H groups in total. The topological polar surface area (TPSA) is 52.9 Å². The van der Waals surface area contributed by atoms with E-state index in [9.17, 15) is 4.79 Å². The van der Waals surface area contributed by atoms with E-state index in [0.717, 1.165) is 0 Å². The molecule has 0 aliphatic carbocycles. The van der Waals surface area contributed by atoms with Crippen LogP contribution in [0.4, 0.5) is 5.69 Å². The molecule has 0 bridgehead atoms. The van der Waals surface area contributed by atoms with Crippen molar-refractivity contribution in [2.75, 3.05) is 5.32 Å². The Morgan fingerprint density at radius 3 is 2.21 bits per heavy atom. The van der Waals surface area contributed by atoms with Crippen molar-refractivity contribution in [3.05, 3.63) is 40.0 Å². The molecule has 1 rings (SSSR count). The smallest absolute Gasteiger partial charge is 0.180 e. The second-order valence-electron chi connectivity index (χ2n) is 5.05. The van der Waals surface area contributed by atoms with E-state index in [1.54, 1.807) is 39.0 Å². The minimum atomic E-state index is -0.602. The van der Waals surface area contributed by atoms with Crippen LogP contribution in [0.5, 0.6) is 0 Å².